The normalized spacial score (nSPS) is 15.4. The Morgan fingerprint density at radius 3 is 1.33 bits per heavy atom. The molecule has 0 aliphatic carbocycles. The maximum Gasteiger partial charge on any atom is 0.494 e. The molecule has 0 unspecified atom stereocenters. The number of ether oxygens (including phenoxy) is 4. The molecule has 0 atom stereocenters. The predicted octanol–water partition coefficient (Wildman–Crippen LogP) is 10.6. The molecule has 3 heterocycles. The largest absolute Gasteiger partial charge is 0.494 e. The number of halogens is 1. The van der Waals surface area contributed by atoms with Crippen molar-refractivity contribution in [2.24, 2.45) is 0 Å². The first kappa shape index (κ1) is 46.2. The van der Waals surface area contributed by atoms with Crippen molar-refractivity contribution in [3.63, 3.8) is 0 Å². The summed E-state index contributed by atoms with van der Waals surface area (Å²) in [5.41, 5.74) is -0.694. The van der Waals surface area contributed by atoms with E-state index < -0.39 is 65.1 Å². The summed E-state index contributed by atoms with van der Waals surface area (Å²) in [6, 6.07) is 10.9. The molecule has 1 fully saturated rings. The zero-order chi connectivity index (χ0) is 44.0. The number of nitrogens with zero attached hydrogens (tertiary/aromatic N) is 2. The van der Waals surface area contributed by atoms with E-state index in [1.54, 1.807) is 95.2 Å². The zero-order valence-corrected chi connectivity index (χ0v) is 38.1. The number of hydrogen-bond acceptors (Lipinski definition) is 10. The number of amides is 2. The van der Waals surface area contributed by atoms with Gasteiger partial charge in [-0.05, 0) is 141 Å². The molecule has 1 saturated heterocycles. The van der Waals surface area contributed by atoms with Gasteiger partial charge in [-0.1, -0.05) is 28.1 Å². The first-order valence-corrected chi connectivity index (χ1v) is 19.8. The molecule has 5 rings (SSSR count). The highest BCUT2D eigenvalue weighted by Crippen LogP contribution is 2.37. The van der Waals surface area contributed by atoms with Gasteiger partial charge in [0.15, 0.2) is 0 Å². The number of benzene rings is 2. The van der Waals surface area contributed by atoms with E-state index in [0.717, 1.165) is 9.94 Å². The highest BCUT2D eigenvalue weighted by Gasteiger charge is 2.51. The lowest BCUT2D eigenvalue weighted by molar-refractivity contribution is 0.00578. The average Bonchev–Trinajstić information content (AvgIpc) is 3.61. The molecule has 2 N–H and O–H groups in total. The highest BCUT2D eigenvalue weighted by atomic mass is 79.9. The van der Waals surface area contributed by atoms with Crippen LogP contribution in [0.3, 0.4) is 0 Å². The molecule has 0 bridgehead atoms. The summed E-state index contributed by atoms with van der Waals surface area (Å²) in [5.74, 6) is 0. The molecule has 316 valence electrons. The molecule has 1 aliphatic rings. The van der Waals surface area contributed by atoms with Gasteiger partial charge in [-0.2, -0.15) is 0 Å². The minimum Gasteiger partial charge on any atom is -0.444 e. The molecule has 1 aliphatic heterocycles. The van der Waals surface area contributed by atoms with Crippen molar-refractivity contribution >= 4 is 86.1 Å². The van der Waals surface area contributed by atoms with Crippen LogP contribution in [0, 0.1) is 0 Å². The zero-order valence-electron chi connectivity index (χ0n) is 36.6. The van der Waals surface area contributed by atoms with Gasteiger partial charge in [0.05, 0.1) is 33.6 Å². The maximum absolute atomic E-state index is 12.9. The monoisotopic (exact) mass is 868 g/mol. The van der Waals surface area contributed by atoms with Crippen molar-refractivity contribution in [3.8, 4) is 0 Å². The van der Waals surface area contributed by atoms with E-state index in [-0.39, 0.29) is 0 Å². The van der Waals surface area contributed by atoms with Gasteiger partial charge in [-0.3, -0.25) is 19.8 Å². The van der Waals surface area contributed by atoms with Crippen LogP contribution in [0.2, 0.25) is 0 Å². The predicted molar refractivity (Wildman–Crippen MR) is 230 cm³/mol. The standard InChI is InChI=1S/C24H35BN2O6.C18H23BrN2O4/c1-21(2,3)30-19(28)26-17-14-27(20(29)31-22(4,5)6)18-12-11-15(13-16(17)18)25-32-23(7,8)24(9,10)33-25;1-17(2,3)24-15(22)20-13-10-21(16(23)25-18(4,5)6)14-8-7-11(19)9-12(13)14/h11-14H,1-10H3,(H,26,28);7-10H,1-6H3,(H,20,22). The van der Waals surface area contributed by atoms with Gasteiger partial charge in [0.1, 0.15) is 22.4 Å². The second-order valence-corrected chi connectivity index (χ2v) is 20.0. The Balaban J connectivity index is 0.000000267. The third-order valence-electron chi connectivity index (χ3n) is 8.57. The fourth-order valence-corrected chi connectivity index (χ4v) is 5.89. The Kier molecular flexibility index (Phi) is 12.9. The summed E-state index contributed by atoms with van der Waals surface area (Å²) in [6.45, 7) is 29.4. The van der Waals surface area contributed by atoms with Crippen LogP contribution in [-0.4, -0.2) is 74.2 Å². The number of nitrogens with one attached hydrogen (secondary N) is 2. The van der Waals surface area contributed by atoms with Crippen LogP contribution in [0.4, 0.5) is 30.6 Å². The summed E-state index contributed by atoms with van der Waals surface area (Å²) in [6.07, 6.45) is 0.805. The van der Waals surface area contributed by atoms with Crippen LogP contribution in [0.15, 0.2) is 53.3 Å². The second-order valence-electron chi connectivity index (χ2n) is 19.1. The molecule has 2 aromatic heterocycles. The number of rotatable bonds is 3. The Morgan fingerprint density at radius 2 is 0.948 bits per heavy atom. The Labute approximate surface area is 349 Å². The van der Waals surface area contributed by atoms with E-state index in [0.29, 0.717) is 33.2 Å². The van der Waals surface area contributed by atoms with Crippen molar-refractivity contribution in [1.29, 1.82) is 0 Å². The average molecular weight is 870 g/mol. The molecule has 2 amide bonds. The Bertz CT molecular complexity index is 2180. The molecule has 16 heteroatoms. The number of anilines is 2. The molecule has 0 saturated carbocycles. The number of carbonyl (C=O) groups excluding carboxylic acids is 4. The molecular formula is C42H58BBrN4O10. The first-order chi connectivity index (χ1) is 26.2. The summed E-state index contributed by atoms with van der Waals surface area (Å²) in [4.78, 5) is 49.9. The van der Waals surface area contributed by atoms with E-state index in [4.69, 9.17) is 28.3 Å². The second kappa shape index (κ2) is 16.3. The van der Waals surface area contributed by atoms with E-state index >= 15 is 0 Å². The summed E-state index contributed by atoms with van der Waals surface area (Å²) < 4.78 is 37.6. The van der Waals surface area contributed by atoms with Crippen LogP contribution in [0.25, 0.3) is 21.8 Å². The highest BCUT2D eigenvalue weighted by molar-refractivity contribution is 9.10. The molecular weight excluding hydrogens is 811 g/mol. The Hall–Kier alpha value is -4.54. The van der Waals surface area contributed by atoms with E-state index in [2.05, 4.69) is 26.6 Å². The van der Waals surface area contributed by atoms with Crippen LogP contribution < -0.4 is 16.1 Å². The Morgan fingerprint density at radius 1 is 0.586 bits per heavy atom. The summed E-state index contributed by atoms with van der Waals surface area (Å²) in [5, 5.41) is 6.79. The molecule has 14 nitrogen and oxygen atoms in total. The minimum atomic E-state index is -0.672. The number of fused-ring (bicyclic) bond motifs is 2. The number of aromatic nitrogens is 2. The van der Waals surface area contributed by atoms with Gasteiger partial charge in [-0.25, -0.2) is 19.2 Å². The molecule has 2 aromatic carbocycles. The van der Waals surface area contributed by atoms with Crippen molar-refractivity contribution in [3.05, 3.63) is 53.3 Å². The molecule has 0 radical (unpaired) electrons. The molecule has 58 heavy (non-hydrogen) atoms. The van der Waals surface area contributed by atoms with E-state index in [1.165, 1.54) is 21.5 Å². The van der Waals surface area contributed by atoms with E-state index in [9.17, 15) is 19.2 Å². The van der Waals surface area contributed by atoms with Crippen LogP contribution >= 0.6 is 15.9 Å². The van der Waals surface area contributed by atoms with Crippen molar-refractivity contribution in [2.75, 3.05) is 10.6 Å². The SMILES string of the molecule is CC(C)(C)OC(=O)Nc1cn(C(=O)OC(C)(C)C)c2ccc(B3OC(C)(C)C(C)(C)O3)cc12.CC(C)(C)OC(=O)Nc1cn(C(=O)OC(C)(C)C)c2ccc(Br)cc12. The van der Waals surface area contributed by atoms with Gasteiger partial charge < -0.3 is 28.3 Å². The van der Waals surface area contributed by atoms with Crippen LogP contribution in [0.5, 0.6) is 0 Å². The minimum absolute atomic E-state index is 0.420. The third kappa shape index (κ3) is 12.0. The van der Waals surface area contributed by atoms with Crippen molar-refractivity contribution in [1.82, 2.24) is 9.13 Å². The van der Waals surface area contributed by atoms with E-state index in [1.807, 2.05) is 52.0 Å². The summed E-state index contributed by atoms with van der Waals surface area (Å²) >= 11 is 3.41. The fraction of sp³-hybridized carbons (Fsp3) is 0.524. The fourth-order valence-electron chi connectivity index (χ4n) is 5.53. The van der Waals surface area contributed by atoms with Crippen LogP contribution in [0.1, 0.15) is 111 Å². The third-order valence-corrected chi connectivity index (χ3v) is 9.07. The van der Waals surface area contributed by atoms with Crippen molar-refractivity contribution < 1.29 is 47.4 Å². The van der Waals surface area contributed by atoms with Gasteiger partial charge in [0.2, 0.25) is 0 Å². The maximum atomic E-state index is 12.9. The lowest BCUT2D eigenvalue weighted by Gasteiger charge is -2.32. The number of hydrogen-bond donors (Lipinski definition) is 2. The molecule has 0 spiro atoms. The van der Waals surface area contributed by atoms with Crippen LogP contribution in [-0.2, 0) is 28.3 Å². The van der Waals surface area contributed by atoms with Gasteiger partial charge >= 0.3 is 31.5 Å². The van der Waals surface area contributed by atoms with Gasteiger partial charge in [0.25, 0.3) is 0 Å². The smallest absolute Gasteiger partial charge is 0.444 e. The van der Waals surface area contributed by atoms with Crippen molar-refractivity contribution in [2.45, 2.75) is 144 Å². The van der Waals surface area contributed by atoms with Gasteiger partial charge in [-0.15, -0.1) is 0 Å². The first-order valence-electron chi connectivity index (χ1n) is 19.0. The number of carbonyl (C=O) groups is 4. The summed E-state index contributed by atoms with van der Waals surface area (Å²) in [7, 11) is -0.585. The van der Waals surface area contributed by atoms with Gasteiger partial charge in [0, 0.05) is 27.6 Å². The lowest BCUT2D eigenvalue weighted by atomic mass is 9.78. The molecule has 4 aromatic rings. The quantitative estimate of drug-likeness (QED) is 0.150. The topological polar surface area (TPSA) is 158 Å². The lowest BCUT2D eigenvalue weighted by Crippen LogP contribution is -2.41.